The van der Waals surface area contributed by atoms with Crippen molar-refractivity contribution in [2.75, 3.05) is 38.2 Å². The first-order valence-corrected chi connectivity index (χ1v) is 13.0. The normalized spacial score (nSPS) is 13.8. The van der Waals surface area contributed by atoms with Crippen LogP contribution in [0.5, 0.6) is 5.75 Å². The lowest BCUT2D eigenvalue weighted by Gasteiger charge is -2.36. The van der Waals surface area contributed by atoms with E-state index in [1.165, 1.54) is 13.2 Å². The van der Waals surface area contributed by atoms with Crippen molar-refractivity contribution in [3.63, 3.8) is 0 Å². The van der Waals surface area contributed by atoms with E-state index < -0.39 is 11.7 Å². The molecule has 0 saturated carbocycles. The predicted octanol–water partition coefficient (Wildman–Crippen LogP) is 6.03. The summed E-state index contributed by atoms with van der Waals surface area (Å²) in [7, 11) is 1.54. The average Bonchev–Trinajstić information content (AvgIpc) is 2.98. The third-order valence-electron chi connectivity index (χ3n) is 7.07. The number of anilines is 1. The number of aromatic nitrogens is 2. The molecule has 2 heterocycles. The maximum atomic E-state index is 13.4. The van der Waals surface area contributed by atoms with Crippen LogP contribution in [0.2, 0.25) is 0 Å². The molecule has 0 unspecified atom stereocenters. The first-order chi connectivity index (χ1) is 19.2. The number of para-hydroxylation sites is 1. The van der Waals surface area contributed by atoms with Crippen LogP contribution in [0.1, 0.15) is 32.7 Å². The van der Waals surface area contributed by atoms with Crippen LogP contribution in [-0.4, -0.2) is 54.1 Å². The van der Waals surface area contributed by atoms with Crippen molar-refractivity contribution in [3.8, 4) is 17.1 Å². The van der Waals surface area contributed by atoms with E-state index in [2.05, 4.69) is 9.88 Å². The molecule has 1 aliphatic heterocycles. The molecule has 0 spiro atoms. The zero-order valence-corrected chi connectivity index (χ0v) is 22.3. The Kier molecular flexibility index (Phi) is 7.73. The van der Waals surface area contributed by atoms with Gasteiger partial charge >= 0.3 is 6.18 Å². The molecule has 1 fully saturated rings. The van der Waals surface area contributed by atoms with Gasteiger partial charge in [0.25, 0.3) is 5.91 Å². The molecule has 206 valence electrons. The molecule has 9 heteroatoms. The number of hydrogen-bond donors (Lipinski definition) is 0. The lowest BCUT2D eigenvalue weighted by molar-refractivity contribution is -0.137. The Morgan fingerprint density at radius 3 is 2.30 bits per heavy atom. The largest absolute Gasteiger partial charge is 0.496 e. The van der Waals surface area contributed by atoms with Crippen LogP contribution in [0.25, 0.3) is 11.4 Å². The number of carbonyl (C=O) groups is 1. The van der Waals surface area contributed by atoms with Crippen molar-refractivity contribution in [2.24, 2.45) is 0 Å². The maximum Gasteiger partial charge on any atom is 0.416 e. The number of methoxy groups -OCH3 is 1. The minimum atomic E-state index is -4.47. The number of piperazine rings is 1. The van der Waals surface area contributed by atoms with E-state index in [4.69, 9.17) is 9.72 Å². The molecule has 6 nitrogen and oxygen atoms in total. The predicted molar refractivity (Wildman–Crippen MR) is 148 cm³/mol. The molecule has 1 saturated heterocycles. The molecule has 3 aromatic carbocycles. The quantitative estimate of drug-likeness (QED) is 0.296. The summed E-state index contributed by atoms with van der Waals surface area (Å²) in [6, 6.07) is 22.1. The zero-order chi connectivity index (χ0) is 28.3. The summed E-state index contributed by atoms with van der Waals surface area (Å²) < 4.78 is 45.6. The first kappa shape index (κ1) is 27.2. The monoisotopic (exact) mass is 546 g/mol. The molecule has 1 aromatic heterocycles. The standard InChI is InChI=1S/C31H29F3N4O2/c1-21-26(19-22-9-4-3-5-10-22)29(36-28(35-21)23-11-8-12-24(20-23)31(32,33)34)37-15-17-38(18-16-37)30(39)25-13-6-7-14-27(25)40-2/h3-14,20H,15-19H2,1-2H3. The van der Waals surface area contributed by atoms with Gasteiger partial charge < -0.3 is 14.5 Å². The third-order valence-corrected chi connectivity index (χ3v) is 7.07. The number of rotatable bonds is 6. The Morgan fingerprint density at radius 1 is 0.900 bits per heavy atom. The van der Waals surface area contributed by atoms with Gasteiger partial charge in [-0.05, 0) is 36.8 Å². The summed E-state index contributed by atoms with van der Waals surface area (Å²) in [6.07, 6.45) is -3.89. The lowest BCUT2D eigenvalue weighted by Crippen LogP contribution is -2.49. The van der Waals surface area contributed by atoms with Crippen molar-refractivity contribution >= 4 is 11.7 Å². The molecule has 0 bridgehead atoms. The fourth-order valence-corrected chi connectivity index (χ4v) is 4.93. The van der Waals surface area contributed by atoms with Crippen LogP contribution < -0.4 is 9.64 Å². The number of nitrogens with zero attached hydrogens (tertiary/aromatic N) is 4. The Morgan fingerprint density at radius 2 is 1.60 bits per heavy atom. The lowest BCUT2D eigenvalue weighted by atomic mass is 10.0. The molecular weight excluding hydrogens is 517 g/mol. The molecule has 0 radical (unpaired) electrons. The number of carbonyl (C=O) groups excluding carboxylic acids is 1. The molecule has 0 N–H and O–H groups in total. The van der Waals surface area contributed by atoms with Crippen molar-refractivity contribution in [2.45, 2.75) is 19.5 Å². The van der Waals surface area contributed by atoms with Gasteiger partial charge in [0.2, 0.25) is 0 Å². The van der Waals surface area contributed by atoms with Gasteiger partial charge in [-0.3, -0.25) is 4.79 Å². The number of aryl methyl sites for hydroxylation is 1. The van der Waals surface area contributed by atoms with Crippen molar-refractivity contribution in [3.05, 3.63) is 107 Å². The fraction of sp³-hybridized carbons (Fsp3) is 0.258. The highest BCUT2D eigenvalue weighted by Gasteiger charge is 2.31. The third kappa shape index (κ3) is 5.78. The van der Waals surface area contributed by atoms with E-state index in [1.807, 2.05) is 43.3 Å². The average molecular weight is 547 g/mol. The van der Waals surface area contributed by atoms with Gasteiger partial charge in [0.15, 0.2) is 5.82 Å². The molecule has 40 heavy (non-hydrogen) atoms. The number of alkyl halides is 3. The van der Waals surface area contributed by atoms with E-state index in [0.717, 1.165) is 23.3 Å². The number of hydrogen-bond acceptors (Lipinski definition) is 5. The Balaban J connectivity index is 1.47. The number of halogens is 3. The number of benzene rings is 3. The molecule has 4 aromatic rings. The van der Waals surface area contributed by atoms with Gasteiger partial charge in [-0.25, -0.2) is 9.97 Å². The Bertz CT molecular complexity index is 1500. The van der Waals surface area contributed by atoms with E-state index in [0.29, 0.717) is 61.0 Å². The Hall–Kier alpha value is -4.40. The highest BCUT2D eigenvalue weighted by molar-refractivity contribution is 5.97. The summed E-state index contributed by atoms with van der Waals surface area (Å²) >= 11 is 0. The van der Waals surface area contributed by atoms with Crippen LogP contribution in [0.15, 0.2) is 78.9 Å². The van der Waals surface area contributed by atoms with Gasteiger partial charge in [0, 0.05) is 49.4 Å². The van der Waals surface area contributed by atoms with Gasteiger partial charge in [-0.1, -0.05) is 54.6 Å². The van der Waals surface area contributed by atoms with Gasteiger partial charge in [-0.15, -0.1) is 0 Å². The van der Waals surface area contributed by atoms with Crippen LogP contribution in [0.4, 0.5) is 19.0 Å². The summed E-state index contributed by atoms with van der Waals surface area (Å²) in [5.74, 6) is 1.33. The highest BCUT2D eigenvalue weighted by atomic mass is 19.4. The molecule has 0 aliphatic carbocycles. The SMILES string of the molecule is COc1ccccc1C(=O)N1CCN(c2nc(-c3cccc(C(F)(F)F)c3)nc(C)c2Cc2ccccc2)CC1. The van der Waals surface area contributed by atoms with E-state index in [9.17, 15) is 18.0 Å². The Labute approximate surface area is 231 Å². The van der Waals surface area contributed by atoms with Gasteiger partial charge in [0.1, 0.15) is 11.6 Å². The highest BCUT2D eigenvalue weighted by Crippen LogP contribution is 2.33. The maximum absolute atomic E-state index is 13.4. The number of amides is 1. The van der Waals surface area contributed by atoms with Crippen LogP contribution in [-0.2, 0) is 12.6 Å². The minimum absolute atomic E-state index is 0.106. The van der Waals surface area contributed by atoms with Crippen molar-refractivity contribution in [1.29, 1.82) is 0 Å². The van der Waals surface area contributed by atoms with Gasteiger partial charge in [0.05, 0.1) is 18.2 Å². The van der Waals surface area contributed by atoms with Crippen molar-refractivity contribution in [1.82, 2.24) is 14.9 Å². The summed E-state index contributed by atoms with van der Waals surface area (Å²) in [4.78, 5) is 26.6. The smallest absolute Gasteiger partial charge is 0.416 e. The van der Waals surface area contributed by atoms with Crippen molar-refractivity contribution < 1.29 is 22.7 Å². The van der Waals surface area contributed by atoms with E-state index in [1.54, 1.807) is 29.2 Å². The van der Waals surface area contributed by atoms with Crippen LogP contribution in [0.3, 0.4) is 0 Å². The molecule has 0 atom stereocenters. The van der Waals surface area contributed by atoms with E-state index in [-0.39, 0.29) is 11.7 Å². The summed E-state index contributed by atoms with van der Waals surface area (Å²) in [5.41, 5.74) is 2.75. The summed E-state index contributed by atoms with van der Waals surface area (Å²) in [5, 5.41) is 0. The molecule has 5 rings (SSSR count). The fourth-order valence-electron chi connectivity index (χ4n) is 4.93. The van der Waals surface area contributed by atoms with Gasteiger partial charge in [-0.2, -0.15) is 13.2 Å². The zero-order valence-electron chi connectivity index (χ0n) is 22.3. The molecule has 1 aliphatic rings. The molecular formula is C31H29F3N4O2. The summed E-state index contributed by atoms with van der Waals surface area (Å²) in [6.45, 7) is 3.82. The second kappa shape index (κ2) is 11.4. The number of ether oxygens (including phenoxy) is 1. The van der Waals surface area contributed by atoms with E-state index >= 15 is 0 Å². The molecule has 1 amide bonds. The second-order valence-corrected chi connectivity index (χ2v) is 9.66. The van der Waals surface area contributed by atoms with Crippen LogP contribution in [0, 0.1) is 6.92 Å². The van der Waals surface area contributed by atoms with Crippen LogP contribution >= 0.6 is 0 Å². The topological polar surface area (TPSA) is 58.6 Å². The first-order valence-electron chi connectivity index (χ1n) is 13.0. The second-order valence-electron chi connectivity index (χ2n) is 9.66. The minimum Gasteiger partial charge on any atom is -0.496 e.